The summed E-state index contributed by atoms with van der Waals surface area (Å²) < 4.78 is 0. The van der Waals surface area contributed by atoms with Crippen molar-refractivity contribution in [3.63, 3.8) is 0 Å². The Balaban J connectivity index is 1.73. The van der Waals surface area contributed by atoms with E-state index in [0.29, 0.717) is 0 Å². The average Bonchev–Trinajstić information content (AvgIpc) is 2.75. The number of rotatable bonds is 9. The van der Waals surface area contributed by atoms with Crippen LogP contribution in [0.2, 0.25) is 0 Å². The van der Waals surface area contributed by atoms with Gasteiger partial charge in [-0.05, 0) is 45.3 Å². The summed E-state index contributed by atoms with van der Waals surface area (Å²) >= 11 is 3.48. The van der Waals surface area contributed by atoms with E-state index in [1.54, 1.807) is 0 Å². The van der Waals surface area contributed by atoms with Gasteiger partial charge in [0.2, 0.25) is 0 Å². The maximum absolute atomic E-state index is 3.48. The van der Waals surface area contributed by atoms with E-state index in [0.717, 1.165) is 0 Å². The summed E-state index contributed by atoms with van der Waals surface area (Å²) in [7, 11) is 0. The third-order valence-corrected chi connectivity index (χ3v) is 3.87. The molecule has 15 heavy (non-hydrogen) atoms. The SMILES string of the molecule is BrCCCCCCCCCN1CCCC1. The molecule has 0 unspecified atom stereocenters. The molecule has 1 nitrogen and oxygen atoms in total. The molecule has 90 valence electrons. The highest BCUT2D eigenvalue weighted by Crippen LogP contribution is 2.11. The predicted octanol–water partition coefficient (Wildman–Crippen LogP) is 4.21. The van der Waals surface area contributed by atoms with Crippen molar-refractivity contribution in [2.45, 2.75) is 57.8 Å². The lowest BCUT2D eigenvalue weighted by Gasteiger charge is -2.13. The summed E-state index contributed by atoms with van der Waals surface area (Å²) in [4.78, 5) is 2.63. The Kier molecular flexibility index (Phi) is 8.69. The Bertz CT molecular complexity index is 132. The summed E-state index contributed by atoms with van der Waals surface area (Å²) in [6, 6.07) is 0. The van der Waals surface area contributed by atoms with E-state index in [1.165, 1.54) is 82.8 Å². The first-order chi connectivity index (χ1) is 7.43. The number of hydrogen-bond donors (Lipinski definition) is 0. The standard InChI is InChI=1S/C13H26BrN/c14-10-6-4-2-1-3-5-7-11-15-12-8-9-13-15/h1-13H2. The van der Waals surface area contributed by atoms with Crippen molar-refractivity contribution in [3.05, 3.63) is 0 Å². The zero-order chi connectivity index (χ0) is 10.8. The van der Waals surface area contributed by atoms with E-state index in [9.17, 15) is 0 Å². The van der Waals surface area contributed by atoms with Crippen molar-refractivity contribution in [1.82, 2.24) is 4.90 Å². The third kappa shape index (κ3) is 7.35. The summed E-state index contributed by atoms with van der Waals surface area (Å²) in [6.45, 7) is 4.10. The van der Waals surface area contributed by atoms with Gasteiger partial charge in [-0.2, -0.15) is 0 Å². The highest BCUT2D eigenvalue weighted by molar-refractivity contribution is 9.09. The highest BCUT2D eigenvalue weighted by atomic mass is 79.9. The van der Waals surface area contributed by atoms with Gasteiger partial charge in [-0.25, -0.2) is 0 Å². The van der Waals surface area contributed by atoms with Gasteiger partial charge >= 0.3 is 0 Å². The number of halogens is 1. The summed E-state index contributed by atoms with van der Waals surface area (Å²) in [5.74, 6) is 0. The lowest BCUT2D eigenvalue weighted by atomic mass is 10.1. The van der Waals surface area contributed by atoms with E-state index < -0.39 is 0 Å². The van der Waals surface area contributed by atoms with E-state index in [2.05, 4.69) is 20.8 Å². The van der Waals surface area contributed by atoms with Gasteiger partial charge in [-0.15, -0.1) is 0 Å². The van der Waals surface area contributed by atoms with Crippen molar-refractivity contribution in [1.29, 1.82) is 0 Å². The Morgan fingerprint density at radius 1 is 0.733 bits per heavy atom. The maximum Gasteiger partial charge on any atom is 0.00313 e. The third-order valence-electron chi connectivity index (χ3n) is 3.31. The number of alkyl halides is 1. The van der Waals surface area contributed by atoms with Gasteiger partial charge in [-0.3, -0.25) is 0 Å². The molecule has 1 saturated heterocycles. The molecular formula is C13H26BrN. The van der Waals surface area contributed by atoms with Crippen LogP contribution in [-0.2, 0) is 0 Å². The largest absolute Gasteiger partial charge is 0.303 e. The Hall–Kier alpha value is 0.440. The van der Waals surface area contributed by atoms with Gasteiger partial charge in [0.1, 0.15) is 0 Å². The second-order valence-corrected chi connectivity index (χ2v) is 5.51. The molecule has 0 atom stereocenters. The van der Waals surface area contributed by atoms with Crippen molar-refractivity contribution >= 4 is 15.9 Å². The van der Waals surface area contributed by atoms with Gasteiger partial charge in [0.15, 0.2) is 0 Å². The number of likely N-dealkylation sites (tertiary alicyclic amines) is 1. The number of unbranched alkanes of at least 4 members (excludes halogenated alkanes) is 6. The van der Waals surface area contributed by atoms with Gasteiger partial charge in [0.05, 0.1) is 0 Å². The molecule has 0 N–H and O–H groups in total. The first-order valence-corrected chi connectivity index (χ1v) is 7.84. The minimum absolute atomic E-state index is 1.18. The zero-order valence-electron chi connectivity index (χ0n) is 10.0. The molecule has 0 saturated carbocycles. The second-order valence-electron chi connectivity index (χ2n) is 4.71. The first-order valence-electron chi connectivity index (χ1n) is 6.72. The van der Waals surface area contributed by atoms with Crippen LogP contribution in [0.1, 0.15) is 57.8 Å². The minimum atomic E-state index is 1.18. The van der Waals surface area contributed by atoms with Crippen LogP contribution in [0.15, 0.2) is 0 Å². The summed E-state index contributed by atoms with van der Waals surface area (Å²) in [6.07, 6.45) is 12.9. The lowest BCUT2D eigenvalue weighted by molar-refractivity contribution is 0.327. The molecule has 0 radical (unpaired) electrons. The van der Waals surface area contributed by atoms with Crippen LogP contribution >= 0.6 is 15.9 Å². The molecular weight excluding hydrogens is 250 g/mol. The Morgan fingerprint density at radius 2 is 1.27 bits per heavy atom. The van der Waals surface area contributed by atoms with Gasteiger partial charge in [0.25, 0.3) is 0 Å². The molecule has 0 bridgehead atoms. The monoisotopic (exact) mass is 275 g/mol. The van der Waals surface area contributed by atoms with Gasteiger partial charge in [-0.1, -0.05) is 48.0 Å². The van der Waals surface area contributed by atoms with Crippen LogP contribution in [0.25, 0.3) is 0 Å². The average molecular weight is 276 g/mol. The first kappa shape index (κ1) is 13.5. The summed E-state index contributed by atoms with van der Waals surface area (Å²) in [5.41, 5.74) is 0. The quantitative estimate of drug-likeness (QED) is 0.450. The summed E-state index contributed by atoms with van der Waals surface area (Å²) in [5, 5.41) is 1.18. The molecule has 0 aromatic rings. The van der Waals surface area contributed by atoms with Crippen molar-refractivity contribution in [2.75, 3.05) is 25.0 Å². The fourth-order valence-corrected chi connectivity index (χ4v) is 2.72. The molecule has 1 fully saturated rings. The second kappa shape index (κ2) is 9.65. The van der Waals surface area contributed by atoms with Crippen LogP contribution < -0.4 is 0 Å². The molecule has 1 heterocycles. The van der Waals surface area contributed by atoms with E-state index in [4.69, 9.17) is 0 Å². The minimum Gasteiger partial charge on any atom is -0.303 e. The molecule has 0 aliphatic carbocycles. The smallest absolute Gasteiger partial charge is 0.00313 e. The van der Waals surface area contributed by atoms with Crippen LogP contribution in [0, 0.1) is 0 Å². The molecule has 1 aliphatic rings. The Morgan fingerprint density at radius 3 is 1.87 bits per heavy atom. The number of nitrogens with zero attached hydrogens (tertiary/aromatic N) is 1. The van der Waals surface area contributed by atoms with Crippen LogP contribution in [-0.4, -0.2) is 29.9 Å². The van der Waals surface area contributed by atoms with Crippen molar-refractivity contribution < 1.29 is 0 Å². The van der Waals surface area contributed by atoms with Crippen LogP contribution in [0.5, 0.6) is 0 Å². The molecule has 0 amide bonds. The van der Waals surface area contributed by atoms with Gasteiger partial charge < -0.3 is 4.90 Å². The maximum atomic E-state index is 3.48. The van der Waals surface area contributed by atoms with E-state index >= 15 is 0 Å². The van der Waals surface area contributed by atoms with Crippen LogP contribution in [0.4, 0.5) is 0 Å². The molecule has 0 aromatic carbocycles. The highest BCUT2D eigenvalue weighted by Gasteiger charge is 2.09. The molecule has 1 aliphatic heterocycles. The topological polar surface area (TPSA) is 3.24 Å². The normalized spacial score (nSPS) is 17.4. The van der Waals surface area contributed by atoms with Gasteiger partial charge in [0, 0.05) is 5.33 Å². The predicted molar refractivity (Wildman–Crippen MR) is 71.8 cm³/mol. The van der Waals surface area contributed by atoms with Crippen molar-refractivity contribution in [2.24, 2.45) is 0 Å². The Labute approximate surface area is 104 Å². The number of hydrogen-bond acceptors (Lipinski definition) is 1. The molecule has 0 spiro atoms. The van der Waals surface area contributed by atoms with Crippen LogP contribution in [0.3, 0.4) is 0 Å². The fraction of sp³-hybridized carbons (Fsp3) is 1.00. The van der Waals surface area contributed by atoms with E-state index in [1.807, 2.05) is 0 Å². The van der Waals surface area contributed by atoms with Crippen molar-refractivity contribution in [3.8, 4) is 0 Å². The fourth-order valence-electron chi connectivity index (χ4n) is 2.32. The lowest BCUT2D eigenvalue weighted by Crippen LogP contribution is -2.20. The zero-order valence-corrected chi connectivity index (χ0v) is 11.6. The molecule has 0 aromatic heterocycles. The van der Waals surface area contributed by atoms with E-state index in [-0.39, 0.29) is 0 Å². The molecule has 2 heteroatoms. The molecule has 1 rings (SSSR count).